The zero-order valence-electron chi connectivity index (χ0n) is 18.3. The summed E-state index contributed by atoms with van der Waals surface area (Å²) in [6.07, 6.45) is -12.1. The number of alkyl halides is 6. The van der Waals surface area contributed by atoms with Gasteiger partial charge in [0.2, 0.25) is 0 Å². The van der Waals surface area contributed by atoms with Crippen LogP contribution in [0.4, 0.5) is 30.7 Å². The maximum Gasteiger partial charge on any atom is 0.430 e. The molecule has 194 valence electrons. The summed E-state index contributed by atoms with van der Waals surface area (Å²) in [6, 6.07) is 7.05. The van der Waals surface area contributed by atoms with Gasteiger partial charge < -0.3 is 14.4 Å². The number of carbonyl (C=O) groups is 1. The van der Waals surface area contributed by atoms with Crippen LogP contribution < -0.4 is 0 Å². The molecular weight excluding hydrogens is 539 g/mol. The SMILES string of the molecule is COC(c1cc(F)cc2c1c(Sc1ccc(Cl)cc1)c1n2CCC1CC(=O)O)(C(F)(F)F)C(F)(F)F. The number of aliphatic carboxylic acids is 1. The molecule has 4 rings (SSSR count). The lowest BCUT2D eigenvalue weighted by Crippen LogP contribution is -2.55. The molecule has 2 aromatic carbocycles. The molecule has 0 aliphatic carbocycles. The number of halogens is 8. The molecule has 1 unspecified atom stereocenters. The Morgan fingerprint density at radius 1 is 1.14 bits per heavy atom. The maximum atomic E-state index is 14.7. The van der Waals surface area contributed by atoms with Gasteiger partial charge in [0.25, 0.3) is 5.60 Å². The molecule has 1 atom stereocenters. The molecule has 36 heavy (non-hydrogen) atoms. The summed E-state index contributed by atoms with van der Waals surface area (Å²) in [7, 11) is 0.265. The van der Waals surface area contributed by atoms with Crippen molar-refractivity contribution >= 4 is 40.2 Å². The number of rotatable bonds is 6. The normalized spacial score (nSPS) is 16.5. The number of carboxylic acid groups (broad SMARTS) is 1. The lowest BCUT2D eigenvalue weighted by Gasteiger charge is -2.36. The minimum absolute atomic E-state index is 0.0269. The number of hydrogen-bond acceptors (Lipinski definition) is 3. The van der Waals surface area contributed by atoms with E-state index >= 15 is 0 Å². The molecule has 0 spiro atoms. The van der Waals surface area contributed by atoms with Crippen molar-refractivity contribution < 1.29 is 45.4 Å². The fourth-order valence-corrected chi connectivity index (χ4v) is 6.04. The Kier molecular flexibility index (Phi) is 6.76. The zero-order valence-corrected chi connectivity index (χ0v) is 19.9. The second kappa shape index (κ2) is 9.14. The van der Waals surface area contributed by atoms with E-state index in [1.807, 2.05) is 0 Å². The first-order valence-electron chi connectivity index (χ1n) is 10.4. The van der Waals surface area contributed by atoms with Crippen LogP contribution >= 0.6 is 23.4 Å². The summed E-state index contributed by atoms with van der Waals surface area (Å²) in [5, 5.41) is 9.21. The first-order chi connectivity index (χ1) is 16.7. The molecule has 1 aromatic heterocycles. The molecule has 0 saturated carbocycles. The molecule has 4 nitrogen and oxygen atoms in total. The number of hydrogen-bond donors (Lipinski definition) is 1. The van der Waals surface area contributed by atoms with E-state index in [0.717, 1.165) is 17.8 Å². The van der Waals surface area contributed by atoms with Gasteiger partial charge in [-0.05, 0) is 42.8 Å². The van der Waals surface area contributed by atoms with Crippen LogP contribution in [0.5, 0.6) is 0 Å². The van der Waals surface area contributed by atoms with E-state index in [1.165, 1.54) is 28.8 Å². The van der Waals surface area contributed by atoms with Gasteiger partial charge in [-0.15, -0.1) is 0 Å². The van der Waals surface area contributed by atoms with Crippen molar-refractivity contribution in [1.82, 2.24) is 4.57 Å². The van der Waals surface area contributed by atoms with Gasteiger partial charge in [-0.3, -0.25) is 4.79 Å². The van der Waals surface area contributed by atoms with Crippen molar-refractivity contribution in [2.24, 2.45) is 0 Å². The monoisotopic (exact) mass is 555 g/mol. The molecule has 1 aliphatic rings. The quantitative estimate of drug-likeness (QED) is 0.320. The minimum Gasteiger partial charge on any atom is -0.481 e. The predicted octanol–water partition coefficient (Wildman–Crippen LogP) is 7.51. The lowest BCUT2D eigenvalue weighted by atomic mass is 9.88. The molecular formula is C23H17ClF7NO3S. The Labute approximate surface area is 209 Å². The van der Waals surface area contributed by atoms with Crippen molar-refractivity contribution in [3.63, 3.8) is 0 Å². The van der Waals surface area contributed by atoms with Crippen LogP contribution in [0.2, 0.25) is 5.02 Å². The molecule has 0 amide bonds. The molecule has 13 heteroatoms. The molecule has 0 bridgehead atoms. The summed E-state index contributed by atoms with van der Waals surface area (Å²) in [4.78, 5) is 11.9. The van der Waals surface area contributed by atoms with Crippen LogP contribution in [-0.2, 0) is 21.7 Å². The van der Waals surface area contributed by atoms with E-state index in [9.17, 15) is 40.6 Å². The summed E-state index contributed by atoms with van der Waals surface area (Å²) in [5.74, 6) is -3.23. The smallest absolute Gasteiger partial charge is 0.430 e. The highest BCUT2D eigenvalue weighted by Crippen LogP contribution is 2.57. The predicted molar refractivity (Wildman–Crippen MR) is 118 cm³/mol. The number of carboxylic acids is 1. The zero-order chi connectivity index (χ0) is 26.6. The molecule has 0 radical (unpaired) electrons. The molecule has 1 aliphatic heterocycles. The minimum atomic E-state index is -6.00. The third-order valence-electron chi connectivity index (χ3n) is 6.15. The molecule has 3 aromatic rings. The fourth-order valence-electron chi connectivity index (χ4n) is 4.71. The van der Waals surface area contributed by atoms with Crippen LogP contribution in [0.15, 0.2) is 46.2 Å². The number of fused-ring (bicyclic) bond motifs is 3. The van der Waals surface area contributed by atoms with Crippen LogP contribution in [0.25, 0.3) is 10.9 Å². The van der Waals surface area contributed by atoms with Gasteiger partial charge in [-0.1, -0.05) is 23.4 Å². The third kappa shape index (κ3) is 4.22. The van der Waals surface area contributed by atoms with Crippen molar-refractivity contribution in [1.29, 1.82) is 0 Å². The summed E-state index contributed by atoms with van der Waals surface area (Å²) >= 11 is 6.75. The summed E-state index contributed by atoms with van der Waals surface area (Å²) in [5.41, 5.74) is -6.26. The number of aromatic nitrogens is 1. The van der Waals surface area contributed by atoms with Crippen LogP contribution in [0.1, 0.15) is 30.0 Å². The van der Waals surface area contributed by atoms with Gasteiger partial charge in [-0.25, -0.2) is 4.39 Å². The van der Waals surface area contributed by atoms with Crippen molar-refractivity contribution in [2.75, 3.05) is 7.11 Å². The Bertz CT molecular complexity index is 1300. The summed E-state index contributed by atoms with van der Waals surface area (Å²) < 4.78 is 105. The van der Waals surface area contributed by atoms with Gasteiger partial charge in [0.1, 0.15) is 5.82 Å². The Hall–Kier alpha value is -2.44. The maximum absolute atomic E-state index is 14.7. The molecule has 0 fully saturated rings. The van der Waals surface area contributed by atoms with E-state index in [1.54, 1.807) is 0 Å². The Morgan fingerprint density at radius 2 is 1.75 bits per heavy atom. The fraction of sp³-hybridized carbons (Fsp3) is 0.348. The average molecular weight is 556 g/mol. The first kappa shape index (κ1) is 26.6. The van der Waals surface area contributed by atoms with Gasteiger partial charge in [0.15, 0.2) is 0 Å². The molecule has 1 N–H and O–H groups in total. The average Bonchev–Trinajstić information content (AvgIpc) is 3.27. The number of benzene rings is 2. The van der Waals surface area contributed by atoms with Crippen molar-refractivity contribution in [3.8, 4) is 0 Å². The van der Waals surface area contributed by atoms with Crippen LogP contribution in [-0.4, -0.2) is 35.1 Å². The van der Waals surface area contributed by atoms with E-state index in [4.69, 9.17) is 11.6 Å². The van der Waals surface area contributed by atoms with E-state index in [-0.39, 0.29) is 42.2 Å². The summed E-state index contributed by atoms with van der Waals surface area (Å²) in [6.45, 7) is 0.0892. The third-order valence-corrected chi connectivity index (χ3v) is 7.53. The van der Waals surface area contributed by atoms with E-state index in [0.29, 0.717) is 9.92 Å². The lowest BCUT2D eigenvalue weighted by molar-refractivity contribution is -0.382. The Balaban J connectivity index is 2.13. The van der Waals surface area contributed by atoms with E-state index < -0.39 is 53.0 Å². The van der Waals surface area contributed by atoms with Crippen molar-refractivity contribution in [3.05, 3.63) is 58.5 Å². The standard InChI is InChI=1S/C23H17ClF7NO3S/c1-35-21(22(26,27)28,23(29,30)31)15-9-13(25)10-16-18(15)20(36-14-4-2-12(24)3-5-14)19-11(8-17(33)34)6-7-32(16)19/h2-5,9-11H,6-8H2,1H3,(H,33,34). The van der Waals surface area contributed by atoms with Gasteiger partial charge >= 0.3 is 18.3 Å². The first-order valence-corrected chi connectivity index (χ1v) is 11.6. The van der Waals surface area contributed by atoms with Gasteiger partial charge in [-0.2, -0.15) is 26.3 Å². The number of ether oxygens (including phenoxy) is 1. The highest BCUT2D eigenvalue weighted by Gasteiger charge is 2.73. The van der Waals surface area contributed by atoms with Crippen LogP contribution in [0.3, 0.4) is 0 Å². The number of aryl methyl sites for hydroxylation is 1. The van der Waals surface area contributed by atoms with Crippen molar-refractivity contribution in [2.45, 2.75) is 53.0 Å². The highest BCUT2D eigenvalue weighted by molar-refractivity contribution is 7.99. The topological polar surface area (TPSA) is 51.5 Å². The molecule has 0 saturated heterocycles. The number of methoxy groups -OCH3 is 1. The van der Waals surface area contributed by atoms with Crippen LogP contribution in [0, 0.1) is 5.82 Å². The number of nitrogens with zero attached hydrogens (tertiary/aromatic N) is 1. The highest BCUT2D eigenvalue weighted by atomic mass is 35.5. The Morgan fingerprint density at radius 3 is 2.28 bits per heavy atom. The largest absolute Gasteiger partial charge is 0.481 e. The molecule has 2 heterocycles. The van der Waals surface area contributed by atoms with Gasteiger partial charge in [0, 0.05) is 51.0 Å². The van der Waals surface area contributed by atoms with E-state index in [2.05, 4.69) is 4.74 Å². The second-order valence-electron chi connectivity index (χ2n) is 8.23. The van der Waals surface area contributed by atoms with Gasteiger partial charge in [0.05, 0.1) is 11.9 Å². The second-order valence-corrected chi connectivity index (χ2v) is 9.75.